The van der Waals surface area contributed by atoms with Gasteiger partial charge in [0.15, 0.2) is 12.0 Å². The van der Waals surface area contributed by atoms with E-state index in [2.05, 4.69) is 22.5 Å². The minimum Gasteiger partial charge on any atom is -0.491 e. The molecule has 0 aliphatic carbocycles. The van der Waals surface area contributed by atoms with Crippen molar-refractivity contribution in [3.05, 3.63) is 29.8 Å². The first-order chi connectivity index (χ1) is 14.4. The van der Waals surface area contributed by atoms with Gasteiger partial charge in [0.05, 0.1) is 6.54 Å². The SMILES string of the molecule is CCCCCN=C1NC2C(C(=O)NC(=O)N2C)N1CC(O)COc1cccc(C)c1. The van der Waals surface area contributed by atoms with Crippen molar-refractivity contribution in [2.45, 2.75) is 51.4 Å². The van der Waals surface area contributed by atoms with Gasteiger partial charge in [-0.05, 0) is 31.0 Å². The Balaban J connectivity index is 1.70. The third-order valence-corrected chi connectivity index (χ3v) is 5.28. The molecular formula is C21H31N5O4. The van der Waals surface area contributed by atoms with Gasteiger partial charge in [-0.3, -0.25) is 15.1 Å². The van der Waals surface area contributed by atoms with Crippen molar-refractivity contribution in [1.82, 2.24) is 20.4 Å². The van der Waals surface area contributed by atoms with E-state index in [-0.39, 0.29) is 13.2 Å². The highest BCUT2D eigenvalue weighted by Gasteiger charge is 2.50. The van der Waals surface area contributed by atoms with Crippen LogP contribution >= 0.6 is 0 Å². The molecule has 2 aliphatic heterocycles. The molecule has 1 aromatic carbocycles. The monoisotopic (exact) mass is 417 g/mol. The van der Waals surface area contributed by atoms with E-state index in [0.717, 1.165) is 24.8 Å². The number of amides is 3. The first-order valence-electron chi connectivity index (χ1n) is 10.4. The number of hydrogen-bond donors (Lipinski definition) is 3. The van der Waals surface area contributed by atoms with Gasteiger partial charge in [0.2, 0.25) is 0 Å². The van der Waals surface area contributed by atoms with Crippen molar-refractivity contribution in [2.24, 2.45) is 4.99 Å². The van der Waals surface area contributed by atoms with Crippen molar-refractivity contribution >= 4 is 17.9 Å². The zero-order valence-corrected chi connectivity index (χ0v) is 17.8. The largest absolute Gasteiger partial charge is 0.491 e. The molecule has 0 bridgehead atoms. The van der Waals surface area contributed by atoms with E-state index in [1.807, 2.05) is 31.2 Å². The van der Waals surface area contributed by atoms with Crippen LogP contribution in [-0.2, 0) is 4.79 Å². The molecule has 9 nitrogen and oxygen atoms in total. The summed E-state index contributed by atoms with van der Waals surface area (Å²) in [5.74, 6) is 0.800. The number of aliphatic imine (C=N–C) groups is 1. The van der Waals surface area contributed by atoms with Crippen LogP contribution in [0.1, 0.15) is 31.7 Å². The molecule has 9 heteroatoms. The smallest absolute Gasteiger partial charge is 0.325 e. The standard InChI is InChI=1S/C21H31N5O4/c1-4-5-6-10-22-20-23-18-17(19(28)24-21(29)25(18)3)26(20)12-15(27)13-30-16-9-7-8-14(2)11-16/h7-9,11,15,17-18,27H,4-6,10,12-13H2,1-3H3,(H,22,23)(H,24,28,29). The highest BCUT2D eigenvalue weighted by Crippen LogP contribution is 2.21. The molecule has 2 fully saturated rings. The maximum atomic E-state index is 12.6. The normalized spacial score (nSPS) is 23.3. The fourth-order valence-electron chi connectivity index (χ4n) is 3.64. The second kappa shape index (κ2) is 9.80. The summed E-state index contributed by atoms with van der Waals surface area (Å²) in [5, 5.41) is 16.1. The molecule has 3 unspecified atom stereocenters. The Morgan fingerprint density at radius 3 is 2.83 bits per heavy atom. The van der Waals surface area contributed by atoms with Gasteiger partial charge >= 0.3 is 6.03 Å². The second-order valence-corrected chi connectivity index (χ2v) is 7.79. The van der Waals surface area contributed by atoms with Crippen LogP contribution in [0, 0.1) is 6.92 Å². The van der Waals surface area contributed by atoms with Gasteiger partial charge in [0.25, 0.3) is 5.91 Å². The molecule has 0 radical (unpaired) electrons. The number of urea groups is 1. The van der Waals surface area contributed by atoms with Gasteiger partial charge in [-0.25, -0.2) is 4.79 Å². The lowest BCUT2D eigenvalue weighted by atomic mass is 10.1. The number of imide groups is 1. The Hall–Kier alpha value is -2.81. The number of aryl methyl sites for hydroxylation is 1. The van der Waals surface area contributed by atoms with Crippen molar-refractivity contribution in [1.29, 1.82) is 0 Å². The molecule has 3 N–H and O–H groups in total. The summed E-state index contributed by atoms with van der Waals surface area (Å²) in [5.41, 5.74) is 1.07. The quantitative estimate of drug-likeness (QED) is 0.519. The fourth-order valence-corrected chi connectivity index (χ4v) is 3.64. The number of guanidine groups is 1. The zero-order valence-electron chi connectivity index (χ0n) is 17.8. The van der Waals surface area contributed by atoms with Gasteiger partial charge in [0, 0.05) is 13.6 Å². The van der Waals surface area contributed by atoms with Crippen LogP contribution in [0.4, 0.5) is 4.79 Å². The molecule has 3 rings (SSSR count). The number of benzene rings is 1. The van der Waals surface area contributed by atoms with Gasteiger partial charge in [-0.15, -0.1) is 0 Å². The summed E-state index contributed by atoms with van der Waals surface area (Å²) in [6.07, 6.45) is 1.71. The number of rotatable bonds is 9. The molecule has 0 saturated carbocycles. The molecule has 3 atom stereocenters. The predicted octanol–water partition coefficient (Wildman–Crippen LogP) is 1.06. The highest BCUT2D eigenvalue weighted by molar-refractivity contribution is 6.04. The lowest BCUT2D eigenvalue weighted by molar-refractivity contribution is -0.127. The zero-order chi connectivity index (χ0) is 21.7. The van der Waals surface area contributed by atoms with E-state index in [1.54, 1.807) is 11.9 Å². The van der Waals surface area contributed by atoms with Crippen molar-refractivity contribution in [3.8, 4) is 5.75 Å². The topological polar surface area (TPSA) is 106 Å². The maximum Gasteiger partial charge on any atom is 0.325 e. The number of nitrogens with one attached hydrogen (secondary N) is 2. The van der Waals surface area contributed by atoms with Crippen LogP contribution in [0.25, 0.3) is 0 Å². The number of aliphatic hydroxyl groups is 1. The number of hydrogen-bond acceptors (Lipinski definition) is 5. The molecule has 30 heavy (non-hydrogen) atoms. The molecule has 0 spiro atoms. The average molecular weight is 418 g/mol. The van der Waals surface area contributed by atoms with Crippen LogP contribution in [0.15, 0.2) is 29.3 Å². The molecule has 164 valence electrons. The van der Waals surface area contributed by atoms with E-state index in [9.17, 15) is 14.7 Å². The lowest BCUT2D eigenvalue weighted by Gasteiger charge is -2.35. The van der Waals surface area contributed by atoms with E-state index >= 15 is 0 Å². The van der Waals surface area contributed by atoms with Crippen LogP contribution < -0.4 is 15.4 Å². The number of carbonyl (C=O) groups is 2. The summed E-state index contributed by atoms with van der Waals surface area (Å²) in [6.45, 7) is 4.94. The van der Waals surface area contributed by atoms with Gasteiger partial charge in [0.1, 0.15) is 24.6 Å². The number of ether oxygens (including phenoxy) is 1. The minimum atomic E-state index is -0.845. The lowest BCUT2D eigenvalue weighted by Crippen LogP contribution is -2.65. The Bertz CT molecular complexity index is 799. The molecule has 0 aromatic heterocycles. The molecular weight excluding hydrogens is 386 g/mol. The Morgan fingerprint density at radius 1 is 1.30 bits per heavy atom. The summed E-state index contributed by atoms with van der Waals surface area (Å²) < 4.78 is 5.71. The Morgan fingerprint density at radius 2 is 2.10 bits per heavy atom. The van der Waals surface area contributed by atoms with Gasteiger partial charge in [-0.1, -0.05) is 31.9 Å². The Kier molecular flexibility index (Phi) is 7.15. The third-order valence-electron chi connectivity index (χ3n) is 5.28. The summed E-state index contributed by atoms with van der Waals surface area (Å²) in [6, 6.07) is 6.49. The first-order valence-corrected chi connectivity index (χ1v) is 10.4. The van der Waals surface area contributed by atoms with Crippen LogP contribution in [0.5, 0.6) is 5.75 Å². The third kappa shape index (κ3) is 5.02. The fraction of sp³-hybridized carbons (Fsp3) is 0.571. The molecule has 3 amide bonds. The van der Waals surface area contributed by atoms with Gasteiger partial charge in [-0.2, -0.15) is 0 Å². The number of β-amino-alcohol motifs (C(OH)–C–C–N with tert-alkyl or cyclic N) is 1. The van der Waals surface area contributed by atoms with Crippen LogP contribution in [-0.4, -0.2) is 77.9 Å². The number of aliphatic hydroxyl groups excluding tert-OH is 1. The highest BCUT2D eigenvalue weighted by atomic mass is 16.5. The maximum absolute atomic E-state index is 12.6. The predicted molar refractivity (Wildman–Crippen MR) is 113 cm³/mol. The van der Waals surface area contributed by atoms with Crippen molar-refractivity contribution in [3.63, 3.8) is 0 Å². The van der Waals surface area contributed by atoms with Gasteiger partial charge < -0.3 is 25.0 Å². The van der Waals surface area contributed by atoms with Crippen molar-refractivity contribution < 1.29 is 19.4 Å². The Labute approximate surface area is 177 Å². The van der Waals surface area contributed by atoms with E-state index < -0.39 is 30.2 Å². The van der Waals surface area contributed by atoms with E-state index in [1.165, 1.54) is 4.90 Å². The number of likely N-dealkylation sites (N-methyl/N-ethyl adjacent to an activating group) is 1. The van der Waals surface area contributed by atoms with E-state index in [0.29, 0.717) is 18.3 Å². The number of carbonyl (C=O) groups excluding carboxylic acids is 2. The first kappa shape index (κ1) is 21.9. The van der Waals surface area contributed by atoms with E-state index in [4.69, 9.17) is 4.74 Å². The van der Waals surface area contributed by atoms with Crippen LogP contribution in [0.2, 0.25) is 0 Å². The number of unbranched alkanes of at least 4 members (excludes halogenated alkanes) is 2. The molecule has 2 aliphatic rings. The second-order valence-electron chi connectivity index (χ2n) is 7.79. The summed E-state index contributed by atoms with van der Waals surface area (Å²) in [4.78, 5) is 32.3. The summed E-state index contributed by atoms with van der Waals surface area (Å²) in [7, 11) is 1.63. The minimum absolute atomic E-state index is 0.0802. The average Bonchev–Trinajstić information content (AvgIpc) is 3.07. The van der Waals surface area contributed by atoms with Crippen molar-refractivity contribution in [2.75, 3.05) is 26.7 Å². The molecule has 2 heterocycles. The van der Waals surface area contributed by atoms with Crippen LogP contribution in [0.3, 0.4) is 0 Å². The number of fused-ring (bicyclic) bond motifs is 1. The molecule has 1 aromatic rings. The number of nitrogens with zero attached hydrogens (tertiary/aromatic N) is 3. The molecule has 2 saturated heterocycles. The summed E-state index contributed by atoms with van der Waals surface area (Å²) >= 11 is 0.